The van der Waals surface area contributed by atoms with Crippen LogP contribution < -0.4 is 5.73 Å². The lowest BCUT2D eigenvalue weighted by molar-refractivity contribution is -0.136. The van der Waals surface area contributed by atoms with Gasteiger partial charge in [0.05, 0.1) is 6.04 Å². The molecule has 0 bridgehead atoms. The minimum absolute atomic E-state index is 0.0154. The smallest absolute Gasteiger partial charge is 0.239 e. The Kier molecular flexibility index (Phi) is 4.40. The van der Waals surface area contributed by atoms with E-state index in [0.717, 1.165) is 45.4 Å². The van der Waals surface area contributed by atoms with Gasteiger partial charge in [-0.3, -0.25) is 9.69 Å². The summed E-state index contributed by atoms with van der Waals surface area (Å²) in [5.74, 6) is 0.306. The average Bonchev–Trinajstić information content (AvgIpc) is 2.60. The monoisotopic (exact) mass is 239 g/mol. The number of hydrogen-bond donors (Lipinski definition) is 1. The summed E-state index contributed by atoms with van der Waals surface area (Å²) in [7, 11) is 0. The van der Waals surface area contributed by atoms with Crippen molar-refractivity contribution >= 4 is 5.91 Å². The number of carbonyl (C=O) groups is 1. The van der Waals surface area contributed by atoms with Crippen LogP contribution in [0.2, 0.25) is 0 Å². The molecule has 0 aromatic carbocycles. The van der Waals surface area contributed by atoms with Crippen LogP contribution in [0.5, 0.6) is 0 Å². The van der Waals surface area contributed by atoms with Crippen molar-refractivity contribution in [2.75, 3.05) is 26.2 Å². The summed E-state index contributed by atoms with van der Waals surface area (Å²) in [6, 6.07) is 0.274. The van der Waals surface area contributed by atoms with E-state index in [4.69, 9.17) is 5.73 Å². The SMILES string of the molecule is CC(C(=O)N1CCCCCC1)N1CCC(N)C1. The largest absolute Gasteiger partial charge is 0.341 e. The lowest BCUT2D eigenvalue weighted by Gasteiger charge is -2.29. The molecular weight excluding hydrogens is 214 g/mol. The maximum atomic E-state index is 12.4. The molecule has 2 aliphatic rings. The third kappa shape index (κ3) is 3.19. The van der Waals surface area contributed by atoms with Crippen LogP contribution in [0.1, 0.15) is 39.0 Å². The standard InChI is InChI=1S/C13H25N3O/c1-11(16-9-6-12(14)10-16)13(17)15-7-4-2-3-5-8-15/h11-12H,2-10,14H2,1H3. The molecule has 17 heavy (non-hydrogen) atoms. The zero-order valence-corrected chi connectivity index (χ0v) is 10.9. The van der Waals surface area contributed by atoms with Gasteiger partial charge < -0.3 is 10.6 Å². The molecule has 2 heterocycles. The van der Waals surface area contributed by atoms with E-state index in [2.05, 4.69) is 9.80 Å². The fourth-order valence-corrected chi connectivity index (χ4v) is 2.88. The van der Waals surface area contributed by atoms with E-state index in [-0.39, 0.29) is 12.1 Å². The topological polar surface area (TPSA) is 49.6 Å². The highest BCUT2D eigenvalue weighted by Crippen LogP contribution is 2.16. The zero-order valence-electron chi connectivity index (χ0n) is 10.9. The van der Waals surface area contributed by atoms with Crippen molar-refractivity contribution in [2.45, 2.75) is 51.1 Å². The Morgan fingerprint density at radius 1 is 1.18 bits per heavy atom. The fraction of sp³-hybridized carbons (Fsp3) is 0.923. The van der Waals surface area contributed by atoms with Crippen molar-refractivity contribution in [1.29, 1.82) is 0 Å². The van der Waals surface area contributed by atoms with Gasteiger partial charge in [0.1, 0.15) is 0 Å². The molecule has 2 rings (SSSR count). The molecular formula is C13H25N3O. The lowest BCUT2D eigenvalue weighted by Crippen LogP contribution is -2.47. The highest BCUT2D eigenvalue weighted by Gasteiger charge is 2.30. The van der Waals surface area contributed by atoms with Crippen molar-refractivity contribution in [3.05, 3.63) is 0 Å². The van der Waals surface area contributed by atoms with E-state index in [9.17, 15) is 4.79 Å². The zero-order chi connectivity index (χ0) is 12.3. The van der Waals surface area contributed by atoms with Crippen molar-refractivity contribution < 1.29 is 4.79 Å². The highest BCUT2D eigenvalue weighted by atomic mass is 16.2. The Hall–Kier alpha value is -0.610. The first-order valence-corrected chi connectivity index (χ1v) is 6.97. The first-order chi connectivity index (χ1) is 8.18. The van der Waals surface area contributed by atoms with Crippen LogP contribution in [0.4, 0.5) is 0 Å². The summed E-state index contributed by atoms with van der Waals surface area (Å²) in [6.07, 6.45) is 5.90. The number of nitrogens with zero attached hydrogens (tertiary/aromatic N) is 2. The van der Waals surface area contributed by atoms with Gasteiger partial charge in [-0.15, -0.1) is 0 Å². The first-order valence-electron chi connectivity index (χ1n) is 6.97. The van der Waals surface area contributed by atoms with Gasteiger partial charge in [-0.2, -0.15) is 0 Å². The van der Waals surface area contributed by atoms with Crippen molar-refractivity contribution in [1.82, 2.24) is 9.80 Å². The molecule has 2 unspecified atom stereocenters. The van der Waals surface area contributed by atoms with Crippen molar-refractivity contribution in [3.8, 4) is 0 Å². The Morgan fingerprint density at radius 2 is 1.82 bits per heavy atom. The van der Waals surface area contributed by atoms with Gasteiger partial charge >= 0.3 is 0 Å². The molecule has 0 radical (unpaired) electrons. The molecule has 2 aliphatic heterocycles. The Labute approximate surface area is 104 Å². The number of hydrogen-bond acceptors (Lipinski definition) is 3. The Bertz CT molecular complexity index is 261. The van der Waals surface area contributed by atoms with Gasteiger partial charge in [-0.25, -0.2) is 0 Å². The summed E-state index contributed by atoms with van der Waals surface area (Å²) in [5.41, 5.74) is 5.90. The van der Waals surface area contributed by atoms with Gasteiger partial charge in [0.25, 0.3) is 0 Å². The molecule has 98 valence electrons. The second-order valence-corrected chi connectivity index (χ2v) is 5.46. The molecule has 2 N–H and O–H groups in total. The molecule has 0 spiro atoms. The van der Waals surface area contributed by atoms with Gasteiger partial charge in [0, 0.05) is 32.2 Å². The Balaban J connectivity index is 1.89. The normalized spacial score (nSPS) is 29.1. The summed E-state index contributed by atoms with van der Waals surface area (Å²) in [4.78, 5) is 16.7. The van der Waals surface area contributed by atoms with E-state index in [0.29, 0.717) is 5.91 Å². The van der Waals surface area contributed by atoms with Gasteiger partial charge in [-0.05, 0) is 26.2 Å². The summed E-state index contributed by atoms with van der Waals surface area (Å²) in [5, 5.41) is 0. The van der Waals surface area contributed by atoms with E-state index >= 15 is 0 Å². The third-order valence-corrected chi connectivity index (χ3v) is 4.08. The first kappa shape index (κ1) is 12.8. The number of amides is 1. The third-order valence-electron chi connectivity index (χ3n) is 4.08. The number of carbonyl (C=O) groups excluding carboxylic acids is 1. The molecule has 0 aliphatic carbocycles. The second-order valence-electron chi connectivity index (χ2n) is 5.46. The molecule has 1 amide bonds. The van der Waals surface area contributed by atoms with Crippen LogP contribution in [0, 0.1) is 0 Å². The maximum absolute atomic E-state index is 12.4. The molecule has 0 aromatic heterocycles. The van der Waals surface area contributed by atoms with E-state index < -0.39 is 0 Å². The molecule has 0 aromatic rings. The van der Waals surface area contributed by atoms with Crippen LogP contribution in [0.15, 0.2) is 0 Å². The van der Waals surface area contributed by atoms with Crippen LogP contribution in [0.25, 0.3) is 0 Å². The summed E-state index contributed by atoms with van der Waals surface area (Å²) in [6.45, 7) is 5.78. The van der Waals surface area contributed by atoms with E-state index in [1.54, 1.807) is 0 Å². The van der Waals surface area contributed by atoms with Gasteiger partial charge in [-0.1, -0.05) is 12.8 Å². The van der Waals surface area contributed by atoms with Gasteiger partial charge in [0.15, 0.2) is 0 Å². The summed E-state index contributed by atoms with van der Waals surface area (Å²) < 4.78 is 0. The molecule has 4 heteroatoms. The van der Waals surface area contributed by atoms with Crippen molar-refractivity contribution in [2.24, 2.45) is 5.73 Å². The number of likely N-dealkylation sites (tertiary alicyclic amines) is 2. The minimum Gasteiger partial charge on any atom is -0.341 e. The fourth-order valence-electron chi connectivity index (χ4n) is 2.88. The molecule has 4 nitrogen and oxygen atoms in total. The van der Waals surface area contributed by atoms with Crippen LogP contribution in [0.3, 0.4) is 0 Å². The molecule has 2 atom stereocenters. The van der Waals surface area contributed by atoms with Crippen LogP contribution in [-0.4, -0.2) is 54.0 Å². The summed E-state index contributed by atoms with van der Waals surface area (Å²) >= 11 is 0. The minimum atomic E-state index is 0.0154. The van der Waals surface area contributed by atoms with E-state index in [1.165, 1.54) is 12.8 Å². The quantitative estimate of drug-likeness (QED) is 0.776. The van der Waals surface area contributed by atoms with Crippen LogP contribution >= 0.6 is 0 Å². The highest BCUT2D eigenvalue weighted by molar-refractivity contribution is 5.81. The average molecular weight is 239 g/mol. The number of rotatable bonds is 2. The van der Waals surface area contributed by atoms with E-state index in [1.807, 2.05) is 6.92 Å². The molecule has 2 fully saturated rings. The number of nitrogens with two attached hydrogens (primary N) is 1. The molecule has 2 saturated heterocycles. The molecule has 0 saturated carbocycles. The maximum Gasteiger partial charge on any atom is 0.239 e. The predicted molar refractivity (Wildman–Crippen MR) is 68.7 cm³/mol. The van der Waals surface area contributed by atoms with Crippen molar-refractivity contribution in [3.63, 3.8) is 0 Å². The van der Waals surface area contributed by atoms with Gasteiger partial charge in [0.2, 0.25) is 5.91 Å². The second kappa shape index (κ2) is 5.83. The van der Waals surface area contributed by atoms with Crippen LogP contribution in [-0.2, 0) is 4.79 Å². The Morgan fingerprint density at radius 3 is 2.35 bits per heavy atom. The predicted octanol–water partition coefficient (Wildman–Crippen LogP) is 0.811. The lowest BCUT2D eigenvalue weighted by atomic mass is 10.2.